The summed E-state index contributed by atoms with van der Waals surface area (Å²) in [5, 5.41) is 0. The normalized spacial score (nSPS) is 11.0. The van der Waals surface area contributed by atoms with E-state index in [1.165, 1.54) is 33.8 Å². The third kappa shape index (κ3) is 3.41. The highest BCUT2D eigenvalue weighted by molar-refractivity contribution is 5.79. The molecule has 0 radical (unpaired) electrons. The molecule has 0 N–H and O–H groups in total. The second kappa shape index (κ2) is 7.18. The molecule has 0 aliphatic heterocycles. The van der Waals surface area contributed by atoms with Crippen LogP contribution in [0.4, 0.5) is 17.1 Å². The summed E-state index contributed by atoms with van der Waals surface area (Å²) < 4.78 is 0. The van der Waals surface area contributed by atoms with Gasteiger partial charge < -0.3 is 4.90 Å². The van der Waals surface area contributed by atoms with Crippen molar-refractivity contribution in [1.29, 1.82) is 0 Å². The van der Waals surface area contributed by atoms with Crippen LogP contribution in [0.1, 0.15) is 23.6 Å². The lowest BCUT2D eigenvalue weighted by Crippen LogP contribution is -2.11. The number of nitrogens with zero attached hydrogens (tertiary/aromatic N) is 1. The van der Waals surface area contributed by atoms with Crippen LogP contribution in [-0.4, -0.2) is 0 Å². The second-order valence-electron chi connectivity index (χ2n) is 6.05. The average molecular weight is 313 g/mol. The van der Waals surface area contributed by atoms with Gasteiger partial charge in [0, 0.05) is 17.1 Å². The first-order chi connectivity index (χ1) is 11.7. The molecular formula is C23H23N. The Morgan fingerprint density at radius 3 is 2.08 bits per heavy atom. The Hall–Kier alpha value is -2.80. The van der Waals surface area contributed by atoms with Gasteiger partial charge in [0.25, 0.3) is 0 Å². The lowest BCUT2D eigenvalue weighted by atomic mass is 10.1. The monoisotopic (exact) mass is 313 g/mol. The smallest absolute Gasteiger partial charge is 0.0493 e. The van der Waals surface area contributed by atoms with Gasteiger partial charge in [0.15, 0.2) is 0 Å². The Bertz CT molecular complexity index is 830. The first kappa shape index (κ1) is 16.1. The summed E-state index contributed by atoms with van der Waals surface area (Å²) in [5.74, 6) is 0. The Balaban J connectivity index is 2.14. The van der Waals surface area contributed by atoms with E-state index in [2.05, 4.69) is 104 Å². The van der Waals surface area contributed by atoms with Crippen molar-refractivity contribution in [2.45, 2.75) is 20.8 Å². The molecular weight excluding hydrogens is 290 g/mol. The van der Waals surface area contributed by atoms with Gasteiger partial charge in [-0.1, -0.05) is 54.6 Å². The third-order valence-electron chi connectivity index (χ3n) is 4.13. The Kier molecular flexibility index (Phi) is 4.81. The van der Waals surface area contributed by atoms with Gasteiger partial charge in [-0.3, -0.25) is 0 Å². The van der Waals surface area contributed by atoms with E-state index in [0.717, 1.165) is 0 Å². The van der Waals surface area contributed by atoms with E-state index in [1.54, 1.807) is 0 Å². The SMILES string of the molecule is CC=Cc1ccc(N(c2ccccc2)c2cc(C)ccc2C)cc1. The summed E-state index contributed by atoms with van der Waals surface area (Å²) in [7, 11) is 0. The van der Waals surface area contributed by atoms with Crippen LogP contribution in [0.15, 0.2) is 78.9 Å². The third-order valence-corrected chi connectivity index (χ3v) is 4.13. The molecule has 3 rings (SSSR count). The summed E-state index contributed by atoms with van der Waals surface area (Å²) in [4.78, 5) is 2.32. The second-order valence-corrected chi connectivity index (χ2v) is 6.05. The van der Waals surface area contributed by atoms with E-state index in [-0.39, 0.29) is 0 Å². The van der Waals surface area contributed by atoms with E-state index in [1.807, 2.05) is 6.92 Å². The number of allylic oxidation sites excluding steroid dienone is 1. The van der Waals surface area contributed by atoms with Crippen molar-refractivity contribution in [2.75, 3.05) is 4.90 Å². The van der Waals surface area contributed by atoms with Crippen molar-refractivity contribution >= 4 is 23.1 Å². The summed E-state index contributed by atoms with van der Waals surface area (Å²) in [6.07, 6.45) is 4.18. The van der Waals surface area contributed by atoms with Gasteiger partial charge >= 0.3 is 0 Å². The molecule has 0 saturated heterocycles. The van der Waals surface area contributed by atoms with Crippen molar-refractivity contribution in [3.8, 4) is 0 Å². The Morgan fingerprint density at radius 1 is 0.750 bits per heavy atom. The molecule has 120 valence electrons. The van der Waals surface area contributed by atoms with Gasteiger partial charge in [0.05, 0.1) is 0 Å². The first-order valence-electron chi connectivity index (χ1n) is 8.34. The fraction of sp³-hybridized carbons (Fsp3) is 0.130. The van der Waals surface area contributed by atoms with Gasteiger partial charge in [-0.15, -0.1) is 0 Å². The van der Waals surface area contributed by atoms with Crippen molar-refractivity contribution in [1.82, 2.24) is 0 Å². The fourth-order valence-electron chi connectivity index (χ4n) is 2.89. The number of aryl methyl sites for hydroxylation is 2. The maximum atomic E-state index is 2.32. The van der Waals surface area contributed by atoms with Crippen LogP contribution in [0, 0.1) is 13.8 Å². The molecule has 0 spiro atoms. The van der Waals surface area contributed by atoms with Crippen LogP contribution in [0.5, 0.6) is 0 Å². The Labute approximate surface area is 144 Å². The molecule has 3 aromatic rings. The van der Waals surface area contributed by atoms with Gasteiger partial charge in [-0.05, 0) is 67.8 Å². The largest absolute Gasteiger partial charge is 0.310 e. The average Bonchev–Trinajstić information content (AvgIpc) is 2.61. The predicted molar refractivity (Wildman–Crippen MR) is 105 cm³/mol. The van der Waals surface area contributed by atoms with Gasteiger partial charge in [-0.2, -0.15) is 0 Å². The zero-order valence-electron chi connectivity index (χ0n) is 14.5. The molecule has 3 aromatic carbocycles. The van der Waals surface area contributed by atoms with Gasteiger partial charge in [-0.25, -0.2) is 0 Å². The topological polar surface area (TPSA) is 3.24 Å². The minimum Gasteiger partial charge on any atom is -0.310 e. The molecule has 0 saturated carbocycles. The lowest BCUT2D eigenvalue weighted by molar-refractivity contribution is 1.24. The summed E-state index contributed by atoms with van der Waals surface area (Å²) in [6.45, 7) is 6.35. The minimum atomic E-state index is 1.17. The number of hydrogen-bond acceptors (Lipinski definition) is 1. The molecule has 0 fully saturated rings. The number of hydrogen-bond donors (Lipinski definition) is 0. The maximum absolute atomic E-state index is 2.32. The number of anilines is 3. The van der Waals surface area contributed by atoms with Crippen LogP contribution < -0.4 is 4.90 Å². The van der Waals surface area contributed by atoms with Crippen molar-refractivity contribution in [2.24, 2.45) is 0 Å². The molecule has 24 heavy (non-hydrogen) atoms. The number of para-hydroxylation sites is 1. The van der Waals surface area contributed by atoms with Gasteiger partial charge in [0.1, 0.15) is 0 Å². The first-order valence-corrected chi connectivity index (χ1v) is 8.34. The molecule has 1 heteroatoms. The maximum Gasteiger partial charge on any atom is 0.0493 e. The van der Waals surface area contributed by atoms with Gasteiger partial charge in [0.2, 0.25) is 0 Å². The van der Waals surface area contributed by atoms with Crippen molar-refractivity contribution in [3.63, 3.8) is 0 Å². The van der Waals surface area contributed by atoms with Crippen LogP contribution in [0.2, 0.25) is 0 Å². The van der Waals surface area contributed by atoms with E-state index in [9.17, 15) is 0 Å². The molecule has 0 aliphatic carbocycles. The zero-order valence-corrected chi connectivity index (χ0v) is 14.5. The molecule has 0 unspecified atom stereocenters. The quantitative estimate of drug-likeness (QED) is 0.511. The summed E-state index contributed by atoms with van der Waals surface area (Å²) in [5.41, 5.74) is 7.31. The number of benzene rings is 3. The fourth-order valence-corrected chi connectivity index (χ4v) is 2.89. The van der Waals surface area contributed by atoms with Crippen molar-refractivity contribution in [3.05, 3.63) is 95.6 Å². The van der Waals surface area contributed by atoms with Crippen LogP contribution in [0.25, 0.3) is 6.08 Å². The molecule has 0 aliphatic rings. The van der Waals surface area contributed by atoms with Crippen LogP contribution in [-0.2, 0) is 0 Å². The van der Waals surface area contributed by atoms with Crippen LogP contribution >= 0.6 is 0 Å². The molecule has 0 heterocycles. The Morgan fingerprint density at radius 2 is 1.42 bits per heavy atom. The van der Waals surface area contributed by atoms with E-state index >= 15 is 0 Å². The van der Waals surface area contributed by atoms with Crippen LogP contribution in [0.3, 0.4) is 0 Å². The standard InChI is InChI=1S/C23H23N/c1-4-8-20-13-15-22(16-14-20)24(21-9-6-5-7-10-21)23-17-18(2)11-12-19(23)3/h4-17H,1-3H3. The molecule has 0 amide bonds. The molecule has 0 aromatic heterocycles. The molecule has 0 atom stereocenters. The van der Waals surface area contributed by atoms with Crippen molar-refractivity contribution < 1.29 is 0 Å². The molecule has 0 bridgehead atoms. The van der Waals surface area contributed by atoms with E-state index in [4.69, 9.17) is 0 Å². The summed E-state index contributed by atoms with van der Waals surface area (Å²) >= 11 is 0. The highest BCUT2D eigenvalue weighted by atomic mass is 15.1. The zero-order chi connectivity index (χ0) is 16.9. The number of rotatable bonds is 4. The highest BCUT2D eigenvalue weighted by Gasteiger charge is 2.14. The van der Waals surface area contributed by atoms with E-state index < -0.39 is 0 Å². The minimum absolute atomic E-state index is 1.17. The molecule has 1 nitrogen and oxygen atoms in total. The highest BCUT2D eigenvalue weighted by Crippen LogP contribution is 2.36. The van der Waals surface area contributed by atoms with E-state index in [0.29, 0.717) is 0 Å². The lowest BCUT2D eigenvalue weighted by Gasteiger charge is -2.27. The predicted octanol–water partition coefficient (Wildman–Crippen LogP) is 6.81. The summed E-state index contributed by atoms with van der Waals surface area (Å²) in [6, 6.07) is 25.8.